The first-order chi connectivity index (χ1) is 15.9. The molecular weight excluding hydrogens is 386 g/mol. The second-order valence-electron chi connectivity index (χ2n) is 8.52. The minimum atomic E-state index is 0.245. The summed E-state index contributed by atoms with van der Waals surface area (Å²) >= 11 is 0. The molecule has 1 aliphatic heterocycles. The van der Waals surface area contributed by atoms with Crippen LogP contribution < -0.4 is 0 Å². The van der Waals surface area contributed by atoms with Crippen molar-refractivity contribution >= 4 is 5.57 Å². The van der Waals surface area contributed by atoms with E-state index in [0.717, 1.165) is 19.4 Å². The summed E-state index contributed by atoms with van der Waals surface area (Å²) in [5.74, 6) is 0. The molecule has 0 saturated carbocycles. The quantitative estimate of drug-likeness (QED) is 0.315. The van der Waals surface area contributed by atoms with Gasteiger partial charge in [-0.2, -0.15) is 0 Å². The second kappa shape index (κ2) is 9.80. The van der Waals surface area contributed by atoms with Crippen molar-refractivity contribution in [1.82, 2.24) is 4.90 Å². The summed E-state index contributed by atoms with van der Waals surface area (Å²) in [5, 5.41) is 0. The molecule has 5 rings (SSSR count). The van der Waals surface area contributed by atoms with Gasteiger partial charge >= 0.3 is 0 Å². The zero-order valence-corrected chi connectivity index (χ0v) is 18.3. The average Bonchev–Trinajstić information content (AvgIpc) is 2.89. The summed E-state index contributed by atoms with van der Waals surface area (Å²) in [6.45, 7) is 1.02. The third-order valence-electron chi connectivity index (χ3n) is 6.50. The van der Waals surface area contributed by atoms with Gasteiger partial charge in [0.05, 0.1) is 6.04 Å². The highest BCUT2D eigenvalue weighted by molar-refractivity contribution is 5.68. The van der Waals surface area contributed by atoms with Gasteiger partial charge < -0.3 is 0 Å². The molecule has 4 aromatic carbocycles. The monoisotopic (exact) mass is 415 g/mol. The standard InChI is InChI=1S/C31H29N/c1-5-13-25(14-6-1)21-22-32-30(27-17-9-3-10-18-27)23-29(26-15-7-2-8-16-26)24-31(32)28-19-11-4-12-20-28/h1-20,23,30-31H,21-22,24H2. The van der Waals surface area contributed by atoms with Crippen molar-refractivity contribution in [2.45, 2.75) is 24.9 Å². The van der Waals surface area contributed by atoms with Crippen molar-refractivity contribution in [3.05, 3.63) is 150 Å². The van der Waals surface area contributed by atoms with Crippen LogP contribution in [0.15, 0.2) is 127 Å². The Morgan fingerprint density at radius 2 is 1.12 bits per heavy atom. The van der Waals surface area contributed by atoms with Gasteiger partial charge in [-0.25, -0.2) is 0 Å². The largest absolute Gasteiger partial charge is 0.285 e. The Hall–Kier alpha value is -3.42. The normalized spacial score (nSPS) is 18.8. The molecule has 158 valence electrons. The Balaban J connectivity index is 1.57. The van der Waals surface area contributed by atoms with E-state index in [9.17, 15) is 0 Å². The first kappa shape index (κ1) is 20.5. The Morgan fingerprint density at radius 3 is 1.75 bits per heavy atom. The zero-order valence-electron chi connectivity index (χ0n) is 18.3. The van der Waals surface area contributed by atoms with E-state index in [0.29, 0.717) is 6.04 Å². The molecule has 1 aliphatic rings. The average molecular weight is 416 g/mol. The van der Waals surface area contributed by atoms with Gasteiger partial charge in [-0.15, -0.1) is 0 Å². The van der Waals surface area contributed by atoms with E-state index in [1.165, 1.54) is 27.8 Å². The molecule has 32 heavy (non-hydrogen) atoms. The molecule has 2 atom stereocenters. The zero-order chi connectivity index (χ0) is 21.6. The Morgan fingerprint density at radius 1 is 0.594 bits per heavy atom. The van der Waals surface area contributed by atoms with Crippen molar-refractivity contribution in [3.63, 3.8) is 0 Å². The van der Waals surface area contributed by atoms with E-state index in [-0.39, 0.29) is 6.04 Å². The van der Waals surface area contributed by atoms with Crippen LogP contribution in [-0.2, 0) is 6.42 Å². The lowest BCUT2D eigenvalue weighted by Crippen LogP contribution is -2.36. The van der Waals surface area contributed by atoms with E-state index >= 15 is 0 Å². The molecule has 0 amide bonds. The fourth-order valence-corrected chi connectivity index (χ4v) is 4.86. The summed E-state index contributed by atoms with van der Waals surface area (Å²) in [5.41, 5.74) is 6.91. The lowest BCUT2D eigenvalue weighted by molar-refractivity contribution is 0.155. The van der Waals surface area contributed by atoms with Crippen LogP contribution in [0.1, 0.15) is 40.8 Å². The van der Waals surface area contributed by atoms with E-state index in [1.807, 2.05) is 0 Å². The Bertz CT molecular complexity index is 1130. The first-order valence-corrected chi connectivity index (χ1v) is 11.5. The highest BCUT2D eigenvalue weighted by Crippen LogP contribution is 2.43. The van der Waals surface area contributed by atoms with E-state index in [2.05, 4.69) is 132 Å². The molecule has 0 aliphatic carbocycles. The van der Waals surface area contributed by atoms with Gasteiger partial charge in [-0.1, -0.05) is 127 Å². The summed E-state index contributed by atoms with van der Waals surface area (Å²) in [7, 11) is 0. The predicted octanol–water partition coefficient (Wildman–Crippen LogP) is 7.50. The van der Waals surface area contributed by atoms with Gasteiger partial charge in [-0.3, -0.25) is 4.90 Å². The second-order valence-corrected chi connectivity index (χ2v) is 8.52. The van der Waals surface area contributed by atoms with Crippen LogP contribution in [0.25, 0.3) is 5.57 Å². The van der Waals surface area contributed by atoms with E-state index in [1.54, 1.807) is 0 Å². The van der Waals surface area contributed by atoms with Crippen LogP contribution in [0.4, 0.5) is 0 Å². The molecule has 0 radical (unpaired) electrons. The van der Waals surface area contributed by atoms with Crippen molar-refractivity contribution in [3.8, 4) is 0 Å². The molecule has 2 unspecified atom stereocenters. The maximum absolute atomic E-state index is 2.70. The first-order valence-electron chi connectivity index (χ1n) is 11.5. The van der Waals surface area contributed by atoms with Gasteiger partial charge in [0, 0.05) is 12.6 Å². The molecule has 0 aromatic heterocycles. The minimum Gasteiger partial charge on any atom is -0.285 e. The summed E-state index contributed by atoms with van der Waals surface area (Å²) in [6, 6.07) is 44.3. The van der Waals surface area contributed by atoms with E-state index < -0.39 is 0 Å². The molecule has 1 heteroatoms. The number of benzene rings is 4. The number of hydrogen-bond acceptors (Lipinski definition) is 1. The van der Waals surface area contributed by atoms with Crippen LogP contribution in [0.2, 0.25) is 0 Å². The molecule has 0 N–H and O–H groups in total. The number of nitrogens with zero attached hydrogens (tertiary/aromatic N) is 1. The smallest absolute Gasteiger partial charge is 0.0543 e. The van der Waals surface area contributed by atoms with E-state index in [4.69, 9.17) is 0 Å². The molecule has 0 spiro atoms. The lowest BCUT2D eigenvalue weighted by Gasteiger charge is -2.42. The highest BCUT2D eigenvalue weighted by Gasteiger charge is 2.32. The third-order valence-corrected chi connectivity index (χ3v) is 6.50. The molecule has 0 saturated heterocycles. The third kappa shape index (κ3) is 4.59. The van der Waals surface area contributed by atoms with Gasteiger partial charge in [0.2, 0.25) is 0 Å². The number of hydrogen-bond donors (Lipinski definition) is 0. The Labute approximate surface area is 191 Å². The minimum absolute atomic E-state index is 0.245. The van der Waals surface area contributed by atoms with Crippen LogP contribution in [0.3, 0.4) is 0 Å². The fourth-order valence-electron chi connectivity index (χ4n) is 4.86. The summed E-state index contributed by atoms with van der Waals surface area (Å²) in [4.78, 5) is 2.70. The van der Waals surface area contributed by atoms with Gasteiger partial charge in [0.15, 0.2) is 0 Å². The predicted molar refractivity (Wildman–Crippen MR) is 134 cm³/mol. The van der Waals surface area contributed by atoms with Crippen molar-refractivity contribution in [2.75, 3.05) is 6.54 Å². The molecule has 4 aromatic rings. The highest BCUT2D eigenvalue weighted by atomic mass is 15.2. The molecule has 1 heterocycles. The van der Waals surface area contributed by atoms with Gasteiger partial charge in [0.25, 0.3) is 0 Å². The van der Waals surface area contributed by atoms with Crippen LogP contribution in [0, 0.1) is 0 Å². The molecule has 0 bridgehead atoms. The SMILES string of the molecule is C1=C(c2ccccc2)CC(c2ccccc2)N(CCc2ccccc2)C1c1ccccc1. The molecule has 0 fully saturated rings. The van der Waals surface area contributed by atoms with Gasteiger partial charge in [0.1, 0.15) is 0 Å². The summed E-state index contributed by atoms with van der Waals surface area (Å²) < 4.78 is 0. The molecular formula is C31H29N. The van der Waals surface area contributed by atoms with Crippen LogP contribution in [0.5, 0.6) is 0 Å². The van der Waals surface area contributed by atoms with Gasteiger partial charge in [-0.05, 0) is 40.7 Å². The number of rotatable bonds is 6. The van der Waals surface area contributed by atoms with Crippen molar-refractivity contribution < 1.29 is 0 Å². The molecule has 1 nitrogen and oxygen atoms in total. The summed E-state index contributed by atoms with van der Waals surface area (Å²) in [6.07, 6.45) is 4.56. The van der Waals surface area contributed by atoms with Crippen LogP contribution >= 0.6 is 0 Å². The lowest BCUT2D eigenvalue weighted by atomic mass is 9.85. The van der Waals surface area contributed by atoms with Crippen LogP contribution in [-0.4, -0.2) is 11.4 Å². The maximum atomic E-state index is 2.70. The topological polar surface area (TPSA) is 3.24 Å². The maximum Gasteiger partial charge on any atom is 0.0543 e. The van der Waals surface area contributed by atoms with Crippen molar-refractivity contribution in [1.29, 1.82) is 0 Å². The Kier molecular flexibility index (Phi) is 6.28. The van der Waals surface area contributed by atoms with Crippen molar-refractivity contribution in [2.24, 2.45) is 0 Å². The fraction of sp³-hybridized carbons (Fsp3) is 0.161.